The summed E-state index contributed by atoms with van der Waals surface area (Å²) < 4.78 is 17.6. The zero-order valence-electron chi connectivity index (χ0n) is 16.8. The van der Waals surface area contributed by atoms with Gasteiger partial charge in [-0.25, -0.2) is 4.98 Å². The van der Waals surface area contributed by atoms with E-state index in [1.807, 2.05) is 12.1 Å². The lowest BCUT2D eigenvalue weighted by molar-refractivity contribution is 0.0914. The molecule has 0 aliphatic carbocycles. The summed E-state index contributed by atoms with van der Waals surface area (Å²) >= 11 is 1.52. The summed E-state index contributed by atoms with van der Waals surface area (Å²) in [5, 5.41) is 0.663. The molecule has 1 unspecified atom stereocenters. The molecule has 2 aromatic carbocycles. The molecule has 1 atom stereocenters. The molecule has 1 aromatic heterocycles. The van der Waals surface area contributed by atoms with Crippen molar-refractivity contribution in [2.75, 3.05) is 32.3 Å². The molecule has 0 radical (unpaired) electrons. The molecule has 6 nitrogen and oxygen atoms in total. The summed E-state index contributed by atoms with van der Waals surface area (Å²) in [7, 11) is 3.14. The number of hydrogen-bond donors (Lipinski definition) is 0. The molecule has 1 saturated heterocycles. The Morgan fingerprint density at radius 3 is 2.83 bits per heavy atom. The monoisotopic (exact) mass is 412 g/mol. The van der Waals surface area contributed by atoms with Gasteiger partial charge in [-0.15, -0.1) is 0 Å². The van der Waals surface area contributed by atoms with Crippen LogP contribution >= 0.6 is 11.3 Å². The molecule has 2 heterocycles. The maximum atomic E-state index is 13.6. The first-order valence-corrected chi connectivity index (χ1v) is 10.4. The number of benzene rings is 2. The van der Waals surface area contributed by atoms with Gasteiger partial charge in [-0.1, -0.05) is 17.4 Å². The van der Waals surface area contributed by atoms with E-state index in [-0.39, 0.29) is 12.0 Å². The average molecular weight is 413 g/mol. The number of aromatic nitrogens is 1. The quantitative estimate of drug-likeness (QED) is 0.599. The highest BCUT2D eigenvalue weighted by Gasteiger charge is 2.29. The highest BCUT2D eigenvalue weighted by Crippen LogP contribution is 2.33. The predicted molar refractivity (Wildman–Crippen MR) is 115 cm³/mol. The fourth-order valence-electron chi connectivity index (χ4n) is 3.50. The summed E-state index contributed by atoms with van der Waals surface area (Å²) in [6.45, 7) is 3.24. The maximum Gasteiger partial charge on any atom is 0.264 e. The summed E-state index contributed by atoms with van der Waals surface area (Å²) in [5.74, 6) is 0.934. The number of rotatable bonds is 6. The van der Waals surface area contributed by atoms with Crippen molar-refractivity contribution in [1.29, 1.82) is 0 Å². The molecular weight excluding hydrogens is 388 g/mol. The standard InChI is InChI=1S/C22H24N2O4S/c1-14-6-8-18-20(11-14)29-22(23-18)24(13-16-5-4-10-28-16)21(25)17-12-15(26-2)7-9-19(17)27-3/h6-9,11-12,16H,4-5,10,13H2,1-3H3. The number of aryl methyl sites for hydroxylation is 1. The first-order valence-electron chi connectivity index (χ1n) is 9.61. The molecule has 0 N–H and O–H groups in total. The number of ether oxygens (including phenoxy) is 3. The second-order valence-electron chi connectivity index (χ2n) is 7.08. The van der Waals surface area contributed by atoms with Crippen LogP contribution in [0.5, 0.6) is 11.5 Å². The van der Waals surface area contributed by atoms with Crippen LogP contribution in [0.3, 0.4) is 0 Å². The third-order valence-corrected chi connectivity index (χ3v) is 6.10. The van der Waals surface area contributed by atoms with Crippen molar-refractivity contribution in [2.24, 2.45) is 0 Å². The highest BCUT2D eigenvalue weighted by molar-refractivity contribution is 7.22. The minimum atomic E-state index is -0.174. The Kier molecular flexibility index (Phi) is 5.69. The Morgan fingerprint density at radius 1 is 1.24 bits per heavy atom. The molecule has 0 bridgehead atoms. The fraction of sp³-hybridized carbons (Fsp3) is 0.364. The van der Waals surface area contributed by atoms with Crippen molar-refractivity contribution in [3.8, 4) is 11.5 Å². The van der Waals surface area contributed by atoms with E-state index in [0.717, 1.165) is 29.7 Å². The SMILES string of the molecule is COc1ccc(OC)c(C(=O)N(CC2CCCO2)c2nc3ccc(C)cc3s2)c1. The molecular formula is C22H24N2O4S. The zero-order chi connectivity index (χ0) is 20.4. The van der Waals surface area contributed by atoms with Gasteiger partial charge in [-0.3, -0.25) is 9.69 Å². The first-order chi connectivity index (χ1) is 14.1. The van der Waals surface area contributed by atoms with Gasteiger partial charge < -0.3 is 14.2 Å². The Labute approximate surface area is 174 Å². The van der Waals surface area contributed by atoms with E-state index < -0.39 is 0 Å². The molecule has 4 rings (SSSR count). The normalized spacial score (nSPS) is 16.2. The van der Waals surface area contributed by atoms with Crippen molar-refractivity contribution in [1.82, 2.24) is 4.98 Å². The lowest BCUT2D eigenvalue weighted by Crippen LogP contribution is -2.37. The largest absolute Gasteiger partial charge is 0.497 e. The fourth-order valence-corrected chi connectivity index (χ4v) is 4.57. The Balaban J connectivity index is 1.76. The van der Waals surface area contributed by atoms with Gasteiger partial charge >= 0.3 is 0 Å². The van der Waals surface area contributed by atoms with E-state index in [1.165, 1.54) is 16.9 Å². The Morgan fingerprint density at radius 2 is 2.10 bits per heavy atom. The van der Waals surface area contributed by atoms with Crippen LogP contribution in [0.15, 0.2) is 36.4 Å². The summed E-state index contributed by atoms with van der Waals surface area (Å²) in [4.78, 5) is 20.1. The number of carbonyl (C=O) groups excluding carboxylic acids is 1. The molecule has 1 fully saturated rings. The molecule has 152 valence electrons. The van der Waals surface area contributed by atoms with E-state index in [4.69, 9.17) is 19.2 Å². The number of thiazole rings is 1. The van der Waals surface area contributed by atoms with Crippen molar-refractivity contribution < 1.29 is 19.0 Å². The number of anilines is 1. The van der Waals surface area contributed by atoms with E-state index in [1.54, 1.807) is 37.3 Å². The second-order valence-corrected chi connectivity index (χ2v) is 8.09. The lowest BCUT2D eigenvalue weighted by atomic mass is 10.1. The van der Waals surface area contributed by atoms with Gasteiger partial charge in [0.15, 0.2) is 5.13 Å². The van der Waals surface area contributed by atoms with Crippen LogP contribution < -0.4 is 14.4 Å². The molecule has 7 heteroatoms. The van der Waals surface area contributed by atoms with Gasteiger partial charge in [0.05, 0.1) is 42.6 Å². The van der Waals surface area contributed by atoms with E-state index in [2.05, 4.69) is 13.0 Å². The molecule has 1 amide bonds. The van der Waals surface area contributed by atoms with Crippen molar-refractivity contribution >= 4 is 32.6 Å². The van der Waals surface area contributed by atoms with Crippen LogP contribution in [0.25, 0.3) is 10.2 Å². The van der Waals surface area contributed by atoms with Gasteiger partial charge in [0.1, 0.15) is 11.5 Å². The molecule has 3 aromatic rings. The van der Waals surface area contributed by atoms with Crippen molar-refractivity contribution in [2.45, 2.75) is 25.9 Å². The second kappa shape index (κ2) is 8.39. The number of amides is 1. The number of carbonyl (C=O) groups is 1. The van der Waals surface area contributed by atoms with Gasteiger partial charge in [0.25, 0.3) is 5.91 Å². The lowest BCUT2D eigenvalue weighted by Gasteiger charge is -2.24. The third-order valence-electron chi connectivity index (χ3n) is 5.06. The van der Waals surface area contributed by atoms with E-state index >= 15 is 0 Å². The number of hydrogen-bond acceptors (Lipinski definition) is 6. The summed E-state index contributed by atoms with van der Waals surface area (Å²) in [5.41, 5.74) is 2.50. The topological polar surface area (TPSA) is 60.9 Å². The number of methoxy groups -OCH3 is 2. The molecule has 29 heavy (non-hydrogen) atoms. The van der Waals surface area contributed by atoms with Crippen LogP contribution in [-0.2, 0) is 4.74 Å². The first kappa shape index (κ1) is 19.7. The average Bonchev–Trinajstić information content (AvgIpc) is 3.40. The highest BCUT2D eigenvalue weighted by atomic mass is 32.1. The Hall–Kier alpha value is -2.64. The van der Waals surface area contributed by atoms with Gasteiger partial charge in [0.2, 0.25) is 0 Å². The predicted octanol–water partition coefficient (Wildman–Crippen LogP) is 4.45. The minimum absolute atomic E-state index is 0.00398. The van der Waals surface area contributed by atoms with Gasteiger partial charge in [-0.05, 0) is 55.7 Å². The third kappa shape index (κ3) is 4.06. The number of nitrogens with zero attached hydrogens (tertiary/aromatic N) is 2. The zero-order valence-corrected chi connectivity index (χ0v) is 17.6. The molecule has 1 aliphatic heterocycles. The molecule has 0 spiro atoms. The van der Waals surface area contributed by atoms with Crippen molar-refractivity contribution in [3.05, 3.63) is 47.5 Å². The van der Waals surface area contributed by atoms with Crippen LogP contribution in [0.2, 0.25) is 0 Å². The number of fused-ring (bicyclic) bond motifs is 1. The Bertz CT molecular complexity index is 1030. The van der Waals surface area contributed by atoms with Crippen LogP contribution in [0.4, 0.5) is 5.13 Å². The van der Waals surface area contributed by atoms with E-state index in [0.29, 0.717) is 28.7 Å². The summed E-state index contributed by atoms with van der Waals surface area (Å²) in [6, 6.07) is 11.4. The summed E-state index contributed by atoms with van der Waals surface area (Å²) in [6.07, 6.45) is 1.95. The maximum absolute atomic E-state index is 13.6. The smallest absolute Gasteiger partial charge is 0.264 e. The van der Waals surface area contributed by atoms with E-state index in [9.17, 15) is 4.79 Å². The van der Waals surface area contributed by atoms with Gasteiger partial charge in [-0.2, -0.15) is 0 Å². The molecule has 1 aliphatic rings. The van der Waals surface area contributed by atoms with Crippen molar-refractivity contribution in [3.63, 3.8) is 0 Å². The molecule has 0 saturated carbocycles. The van der Waals surface area contributed by atoms with Gasteiger partial charge in [0, 0.05) is 6.61 Å². The minimum Gasteiger partial charge on any atom is -0.497 e. The van der Waals surface area contributed by atoms with Crippen LogP contribution in [-0.4, -0.2) is 44.4 Å². The van der Waals surface area contributed by atoms with Crippen LogP contribution in [0, 0.1) is 6.92 Å². The van der Waals surface area contributed by atoms with Crippen LogP contribution in [0.1, 0.15) is 28.8 Å².